The lowest BCUT2D eigenvalue weighted by Gasteiger charge is -2.31. The van der Waals surface area contributed by atoms with Gasteiger partial charge in [0, 0.05) is 30.8 Å². The minimum absolute atomic E-state index is 0.269. The Morgan fingerprint density at radius 1 is 1.13 bits per heavy atom. The molecule has 1 fully saturated rings. The molecule has 3 heterocycles. The van der Waals surface area contributed by atoms with Crippen LogP contribution in [0.4, 0.5) is 16.0 Å². The molecule has 1 amide bonds. The Kier molecular flexibility index (Phi) is 6.01. The van der Waals surface area contributed by atoms with E-state index in [4.69, 9.17) is 0 Å². The van der Waals surface area contributed by atoms with Crippen LogP contribution >= 0.6 is 0 Å². The normalized spacial score (nSPS) is 14.5. The average molecular weight is 422 g/mol. The molecule has 2 aromatic heterocycles. The van der Waals surface area contributed by atoms with Gasteiger partial charge in [0.1, 0.15) is 30.3 Å². The number of aromatic nitrogens is 4. The Labute approximate surface area is 178 Å². The van der Waals surface area contributed by atoms with Crippen molar-refractivity contribution in [3.63, 3.8) is 0 Å². The Morgan fingerprint density at radius 2 is 1.87 bits per heavy atom. The van der Waals surface area contributed by atoms with Crippen LogP contribution in [0.2, 0.25) is 0 Å². The van der Waals surface area contributed by atoms with Gasteiger partial charge in [0.2, 0.25) is 5.91 Å². The number of hydrogen-bond donors (Lipinski definition) is 1. The molecule has 1 aromatic carbocycles. The molecule has 1 saturated heterocycles. The maximum Gasteiger partial charge on any atom is 0.267 e. The second-order valence-electron chi connectivity index (χ2n) is 7.70. The summed E-state index contributed by atoms with van der Waals surface area (Å²) in [5.41, 5.74) is 0.703. The van der Waals surface area contributed by atoms with Gasteiger partial charge in [-0.25, -0.2) is 19.0 Å². The van der Waals surface area contributed by atoms with Crippen LogP contribution in [-0.2, 0) is 11.3 Å². The number of amides is 1. The van der Waals surface area contributed by atoms with E-state index in [1.165, 1.54) is 24.5 Å². The van der Waals surface area contributed by atoms with Crippen molar-refractivity contribution in [3.05, 3.63) is 65.0 Å². The van der Waals surface area contributed by atoms with Gasteiger partial charge in [-0.15, -0.1) is 0 Å². The number of nitrogens with one attached hydrogen (secondary N) is 1. The Morgan fingerprint density at radius 3 is 2.61 bits per heavy atom. The van der Waals surface area contributed by atoms with Crippen LogP contribution in [0, 0.1) is 11.7 Å². The molecule has 4 rings (SSSR count). The highest BCUT2D eigenvalue weighted by molar-refractivity contribution is 5.89. The van der Waals surface area contributed by atoms with Crippen LogP contribution in [0.25, 0.3) is 11.3 Å². The highest BCUT2D eigenvalue weighted by Gasteiger charge is 2.18. The second kappa shape index (κ2) is 9.03. The van der Waals surface area contributed by atoms with E-state index in [1.807, 2.05) is 0 Å². The van der Waals surface area contributed by atoms with Crippen molar-refractivity contribution in [1.82, 2.24) is 19.7 Å². The number of piperidine rings is 1. The largest absolute Gasteiger partial charge is 0.356 e. The second-order valence-corrected chi connectivity index (χ2v) is 7.70. The van der Waals surface area contributed by atoms with Gasteiger partial charge in [0.05, 0.1) is 5.69 Å². The molecular formula is C22H23FN6O2. The zero-order chi connectivity index (χ0) is 21.8. The van der Waals surface area contributed by atoms with Gasteiger partial charge in [0.15, 0.2) is 0 Å². The summed E-state index contributed by atoms with van der Waals surface area (Å²) in [7, 11) is 0. The topological polar surface area (TPSA) is 93.0 Å². The van der Waals surface area contributed by atoms with Crippen LogP contribution in [0.5, 0.6) is 0 Å². The Bertz CT molecular complexity index is 1120. The van der Waals surface area contributed by atoms with Crippen molar-refractivity contribution in [2.24, 2.45) is 5.92 Å². The van der Waals surface area contributed by atoms with Crippen LogP contribution < -0.4 is 15.8 Å². The first-order valence-corrected chi connectivity index (χ1v) is 10.2. The average Bonchev–Trinajstić information content (AvgIpc) is 2.76. The van der Waals surface area contributed by atoms with Gasteiger partial charge >= 0.3 is 0 Å². The number of halogens is 1. The van der Waals surface area contributed by atoms with Crippen molar-refractivity contribution in [2.45, 2.75) is 26.3 Å². The lowest BCUT2D eigenvalue weighted by Crippen LogP contribution is -2.33. The van der Waals surface area contributed by atoms with Crippen molar-refractivity contribution < 1.29 is 9.18 Å². The summed E-state index contributed by atoms with van der Waals surface area (Å²) in [6.07, 6.45) is 3.62. The van der Waals surface area contributed by atoms with Gasteiger partial charge in [-0.1, -0.05) is 6.92 Å². The molecule has 3 aromatic rings. The third-order valence-corrected chi connectivity index (χ3v) is 5.33. The summed E-state index contributed by atoms with van der Waals surface area (Å²) in [6, 6.07) is 10.4. The van der Waals surface area contributed by atoms with E-state index in [2.05, 4.69) is 32.2 Å². The fourth-order valence-corrected chi connectivity index (χ4v) is 3.48. The molecule has 1 aliphatic heterocycles. The van der Waals surface area contributed by atoms with Crippen molar-refractivity contribution in [1.29, 1.82) is 0 Å². The quantitative estimate of drug-likeness (QED) is 0.680. The van der Waals surface area contributed by atoms with E-state index in [9.17, 15) is 14.0 Å². The van der Waals surface area contributed by atoms with Crippen molar-refractivity contribution in [3.8, 4) is 11.3 Å². The first-order valence-electron chi connectivity index (χ1n) is 10.2. The van der Waals surface area contributed by atoms with Gasteiger partial charge in [-0.3, -0.25) is 9.59 Å². The lowest BCUT2D eigenvalue weighted by molar-refractivity contribution is -0.117. The molecule has 160 valence electrons. The summed E-state index contributed by atoms with van der Waals surface area (Å²) in [5.74, 6) is 1.05. The van der Waals surface area contributed by atoms with E-state index >= 15 is 0 Å². The molecule has 1 N–H and O–H groups in total. The first kappa shape index (κ1) is 20.6. The Balaban J connectivity index is 1.45. The fourth-order valence-electron chi connectivity index (χ4n) is 3.48. The molecule has 8 nitrogen and oxygen atoms in total. The van der Waals surface area contributed by atoms with E-state index in [0.717, 1.165) is 36.4 Å². The predicted octanol–water partition coefficient (Wildman–Crippen LogP) is 2.71. The minimum atomic E-state index is -0.428. The molecule has 31 heavy (non-hydrogen) atoms. The lowest BCUT2D eigenvalue weighted by atomic mass is 9.99. The maximum absolute atomic E-state index is 13.1. The molecule has 0 saturated carbocycles. The van der Waals surface area contributed by atoms with E-state index in [1.54, 1.807) is 24.3 Å². The summed E-state index contributed by atoms with van der Waals surface area (Å²) in [6.45, 7) is 3.81. The summed E-state index contributed by atoms with van der Waals surface area (Å²) >= 11 is 0. The van der Waals surface area contributed by atoms with Crippen LogP contribution in [0.1, 0.15) is 19.8 Å². The molecule has 9 heteroatoms. The minimum Gasteiger partial charge on any atom is -0.356 e. The molecular weight excluding hydrogens is 399 g/mol. The summed E-state index contributed by atoms with van der Waals surface area (Å²) in [4.78, 5) is 35.3. The molecule has 0 unspecified atom stereocenters. The van der Waals surface area contributed by atoms with Gasteiger partial charge in [-0.05, 0) is 49.1 Å². The van der Waals surface area contributed by atoms with E-state index in [0.29, 0.717) is 23.0 Å². The predicted molar refractivity (Wildman–Crippen MR) is 115 cm³/mol. The van der Waals surface area contributed by atoms with E-state index < -0.39 is 11.5 Å². The SMILES string of the molecule is CC1CCN(c2cc(NC(=O)Cn3nc(-c4ccc(F)cc4)ccc3=O)ncn2)CC1. The number of carbonyl (C=O) groups excluding carboxylic acids is 1. The number of carbonyl (C=O) groups is 1. The third kappa shape index (κ3) is 5.11. The van der Waals surface area contributed by atoms with Crippen molar-refractivity contribution >= 4 is 17.5 Å². The highest BCUT2D eigenvalue weighted by atomic mass is 19.1. The Hall–Kier alpha value is -3.62. The standard InChI is InChI=1S/C22H23FN6O2/c1-15-8-10-28(11-9-15)20-12-19(24-14-25-20)26-21(30)13-29-22(31)7-6-18(27-29)16-2-4-17(23)5-3-16/h2-7,12,14-15H,8-11,13H2,1H3,(H,24,25,26,30). The summed E-state index contributed by atoms with van der Waals surface area (Å²) < 4.78 is 14.2. The van der Waals surface area contributed by atoms with Gasteiger partial charge in [0.25, 0.3) is 5.56 Å². The van der Waals surface area contributed by atoms with E-state index in [-0.39, 0.29) is 12.4 Å². The number of hydrogen-bond acceptors (Lipinski definition) is 6. The van der Waals surface area contributed by atoms with Crippen LogP contribution in [0.3, 0.4) is 0 Å². The number of benzene rings is 1. The van der Waals surface area contributed by atoms with Crippen molar-refractivity contribution in [2.75, 3.05) is 23.3 Å². The summed E-state index contributed by atoms with van der Waals surface area (Å²) in [5, 5.41) is 6.94. The first-order chi connectivity index (χ1) is 15.0. The molecule has 0 spiro atoms. The fraction of sp³-hybridized carbons (Fsp3) is 0.318. The van der Waals surface area contributed by atoms with Crippen LogP contribution in [0.15, 0.2) is 53.6 Å². The van der Waals surface area contributed by atoms with Crippen LogP contribution in [-0.4, -0.2) is 38.7 Å². The third-order valence-electron chi connectivity index (χ3n) is 5.33. The smallest absolute Gasteiger partial charge is 0.267 e. The van der Waals surface area contributed by atoms with Gasteiger partial charge in [-0.2, -0.15) is 5.10 Å². The number of nitrogens with zero attached hydrogens (tertiary/aromatic N) is 5. The number of anilines is 2. The highest BCUT2D eigenvalue weighted by Crippen LogP contribution is 2.22. The molecule has 0 bridgehead atoms. The monoisotopic (exact) mass is 422 g/mol. The zero-order valence-electron chi connectivity index (χ0n) is 17.2. The molecule has 0 radical (unpaired) electrons. The molecule has 0 atom stereocenters. The molecule has 1 aliphatic rings. The van der Waals surface area contributed by atoms with Gasteiger partial charge < -0.3 is 10.2 Å². The zero-order valence-corrected chi connectivity index (χ0v) is 17.2. The molecule has 0 aliphatic carbocycles. The number of rotatable bonds is 5. The maximum atomic E-state index is 13.1.